The zero-order valence-electron chi connectivity index (χ0n) is 12.9. The molecule has 1 unspecified atom stereocenters. The van der Waals surface area contributed by atoms with Crippen LogP contribution in [0.25, 0.3) is 0 Å². The van der Waals surface area contributed by atoms with Crippen LogP contribution in [0.3, 0.4) is 0 Å². The predicted octanol–water partition coefficient (Wildman–Crippen LogP) is -0.785. The maximum atomic E-state index is 11.5. The third kappa shape index (κ3) is 4.98. The van der Waals surface area contributed by atoms with Crippen LogP contribution in [0.2, 0.25) is 0 Å². The Morgan fingerprint density at radius 3 is 2.91 bits per heavy atom. The van der Waals surface area contributed by atoms with Crippen molar-refractivity contribution >= 4 is 21.6 Å². The molecule has 0 spiro atoms. The van der Waals surface area contributed by atoms with E-state index in [9.17, 15) is 8.42 Å². The summed E-state index contributed by atoms with van der Waals surface area (Å²) in [5, 5.41) is 14.1. The van der Waals surface area contributed by atoms with Gasteiger partial charge < -0.3 is 15.4 Å². The maximum Gasteiger partial charge on any atom is 0.244 e. The van der Waals surface area contributed by atoms with E-state index in [2.05, 4.69) is 30.7 Å². The predicted molar refractivity (Wildman–Crippen MR) is 86.3 cm³/mol. The fourth-order valence-corrected chi connectivity index (χ4v) is 4.38. The van der Waals surface area contributed by atoms with E-state index in [4.69, 9.17) is 4.74 Å². The van der Waals surface area contributed by atoms with Crippen LogP contribution in [0.4, 0.5) is 11.8 Å². The van der Waals surface area contributed by atoms with E-state index in [1.54, 1.807) is 6.20 Å². The quantitative estimate of drug-likeness (QED) is 0.687. The molecule has 3 heterocycles. The molecule has 2 aliphatic heterocycles. The largest absolute Gasteiger partial charge is 0.379 e. The minimum atomic E-state index is -2.92. The van der Waals surface area contributed by atoms with Crippen LogP contribution in [0.5, 0.6) is 0 Å². The molecule has 3 rings (SSSR count). The lowest BCUT2D eigenvalue weighted by Crippen LogP contribution is -2.39. The highest BCUT2D eigenvalue weighted by Gasteiger charge is 2.28. The Kier molecular flexibility index (Phi) is 5.23. The van der Waals surface area contributed by atoms with Gasteiger partial charge in [-0.15, -0.1) is 5.10 Å². The number of hydrogen-bond donors (Lipinski definition) is 2. The van der Waals surface area contributed by atoms with Crippen molar-refractivity contribution in [3.05, 3.63) is 6.20 Å². The Labute approximate surface area is 135 Å². The van der Waals surface area contributed by atoms with Crippen molar-refractivity contribution in [2.24, 2.45) is 0 Å². The first-order chi connectivity index (χ1) is 11.1. The number of ether oxygens (including phenoxy) is 1. The third-order valence-electron chi connectivity index (χ3n) is 3.96. The summed E-state index contributed by atoms with van der Waals surface area (Å²) in [6, 6.07) is -0.134. The van der Waals surface area contributed by atoms with Gasteiger partial charge in [0.2, 0.25) is 5.95 Å². The molecule has 0 radical (unpaired) electrons. The van der Waals surface area contributed by atoms with Crippen molar-refractivity contribution in [1.82, 2.24) is 20.1 Å². The van der Waals surface area contributed by atoms with Crippen LogP contribution in [0.1, 0.15) is 6.42 Å². The molecule has 1 atom stereocenters. The third-order valence-corrected chi connectivity index (χ3v) is 5.73. The zero-order valence-corrected chi connectivity index (χ0v) is 13.8. The van der Waals surface area contributed by atoms with Gasteiger partial charge in [-0.05, 0) is 6.42 Å². The average Bonchev–Trinajstić information content (AvgIpc) is 2.87. The summed E-state index contributed by atoms with van der Waals surface area (Å²) >= 11 is 0. The molecule has 0 amide bonds. The molecule has 10 heteroatoms. The van der Waals surface area contributed by atoms with Crippen LogP contribution in [0, 0.1) is 0 Å². The van der Waals surface area contributed by atoms with Gasteiger partial charge in [0.15, 0.2) is 15.7 Å². The van der Waals surface area contributed by atoms with Crippen molar-refractivity contribution in [3.8, 4) is 0 Å². The number of nitrogens with zero attached hydrogens (tertiary/aromatic N) is 4. The minimum absolute atomic E-state index is 0.130. The van der Waals surface area contributed by atoms with Gasteiger partial charge in [0, 0.05) is 32.2 Å². The summed E-state index contributed by atoms with van der Waals surface area (Å²) in [5.41, 5.74) is 0. The summed E-state index contributed by atoms with van der Waals surface area (Å²) in [6.07, 6.45) is 2.15. The Morgan fingerprint density at radius 2 is 2.17 bits per heavy atom. The number of morpholine rings is 1. The Bertz CT molecular complexity index is 620. The van der Waals surface area contributed by atoms with Gasteiger partial charge in [0.05, 0.1) is 30.9 Å². The van der Waals surface area contributed by atoms with E-state index < -0.39 is 9.84 Å². The first kappa shape index (κ1) is 16.3. The second-order valence-electron chi connectivity index (χ2n) is 5.79. The molecule has 9 nitrogen and oxygen atoms in total. The van der Waals surface area contributed by atoms with Gasteiger partial charge in [0.1, 0.15) is 0 Å². The average molecular weight is 342 g/mol. The Balaban J connectivity index is 1.47. The van der Waals surface area contributed by atoms with Crippen LogP contribution in [0.15, 0.2) is 6.20 Å². The second-order valence-corrected chi connectivity index (χ2v) is 8.02. The highest BCUT2D eigenvalue weighted by molar-refractivity contribution is 7.91. The Morgan fingerprint density at radius 1 is 1.35 bits per heavy atom. The number of sulfone groups is 1. The standard InChI is InChI=1S/C13H22N6O3S/c20-23(21)8-1-11(10-23)16-13-17-12(9-15-18-13)14-2-3-19-4-6-22-7-5-19/h9,11H,1-8,10H2,(H2,14,16,17,18). The smallest absolute Gasteiger partial charge is 0.244 e. The lowest BCUT2D eigenvalue weighted by atomic mass is 10.3. The molecule has 128 valence electrons. The molecular formula is C13H22N6O3S. The van der Waals surface area contributed by atoms with E-state index in [1.807, 2.05) is 0 Å². The van der Waals surface area contributed by atoms with E-state index >= 15 is 0 Å². The minimum Gasteiger partial charge on any atom is -0.379 e. The molecule has 23 heavy (non-hydrogen) atoms. The van der Waals surface area contributed by atoms with Crippen LogP contribution >= 0.6 is 0 Å². The first-order valence-electron chi connectivity index (χ1n) is 7.81. The zero-order chi connectivity index (χ0) is 16.1. The molecule has 2 aliphatic rings. The van der Waals surface area contributed by atoms with Crippen molar-refractivity contribution in [2.45, 2.75) is 12.5 Å². The fourth-order valence-electron chi connectivity index (χ4n) is 2.71. The lowest BCUT2D eigenvalue weighted by Gasteiger charge is -2.26. The molecule has 1 aromatic rings. The van der Waals surface area contributed by atoms with Gasteiger partial charge in [-0.2, -0.15) is 10.1 Å². The summed E-state index contributed by atoms with van der Waals surface area (Å²) < 4.78 is 28.2. The molecule has 0 aromatic carbocycles. The van der Waals surface area contributed by atoms with Crippen LogP contribution < -0.4 is 10.6 Å². The van der Waals surface area contributed by atoms with Gasteiger partial charge in [-0.1, -0.05) is 0 Å². The van der Waals surface area contributed by atoms with Gasteiger partial charge >= 0.3 is 0 Å². The Hall–Kier alpha value is -1.52. The second kappa shape index (κ2) is 7.37. The summed E-state index contributed by atoms with van der Waals surface area (Å²) in [4.78, 5) is 6.66. The molecule has 1 aromatic heterocycles. The molecule has 0 bridgehead atoms. The number of nitrogens with one attached hydrogen (secondary N) is 2. The highest BCUT2D eigenvalue weighted by Crippen LogP contribution is 2.15. The van der Waals surface area contributed by atoms with Crippen molar-refractivity contribution < 1.29 is 13.2 Å². The molecular weight excluding hydrogens is 320 g/mol. The summed E-state index contributed by atoms with van der Waals surface area (Å²) in [6.45, 7) is 5.15. The SMILES string of the molecule is O=S1(=O)CCC(Nc2nncc(NCCN3CCOCC3)n2)C1. The molecule has 2 saturated heterocycles. The molecule has 2 fully saturated rings. The fraction of sp³-hybridized carbons (Fsp3) is 0.769. The lowest BCUT2D eigenvalue weighted by molar-refractivity contribution is 0.0398. The molecule has 0 saturated carbocycles. The molecule has 2 N–H and O–H groups in total. The first-order valence-corrected chi connectivity index (χ1v) is 9.63. The van der Waals surface area contributed by atoms with Crippen molar-refractivity contribution in [3.63, 3.8) is 0 Å². The van der Waals surface area contributed by atoms with Crippen LogP contribution in [-0.4, -0.2) is 85.4 Å². The maximum absolute atomic E-state index is 11.5. The number of anilines is 2. The number of rotatable bonds is 6. The number of aromatic nitrogens is 3. The normalized spacial score (nSPS) is 24.4. The van der Waals surface area contributed by atoms with Crippen LogP contribution in [-0.2, 0) is 14.6 Å². The molecule has 0 aliphatic carbocycles. The topological polar surface area (TPSA) is 109 Å². The highest BCUT2D eigenvalue weighted by atomic mass is 32.2. The summed E-state index contributed by atoms with van der Waals surface area (Å²) in [5.74, 6) is 1.35. The van der Waals surface area contributed by atoms with E-state index in [1.165, 1.54) is 0 Å². The van der Waals surface area contributed by atoms with Crippen molar-refractivity contribution in [2.75, 3.05) is 61.5 Å². The monoisotopic (exact) mass is 342 g/mol. The number of hydrogen-bond acceptors (Lipinski definition) is 9. The van der Waals surface area contributed by atoms with E-state index in [0.717, 1.165) is 39.4 Å². The van der Waals surface area contributed by atoms with E-state index in [0.29, 0.717) is 18.2 Å². The van der Waals surface area contributed by atoms with Gasteiger partial charge in [-0.3, -0.25) is 4.90 Å². The van der Waals surface area contributed by atoms with E-state index in [-0.39, 0.29) is 17.5 Å². The summed E-state index contributed by atoms with van der Waals surface area (Å²) in [7, 11) is -2.92. The van der Waals surface area contributed by atoms with Gasteiger partial charge in [-0.25, -0.2) is 8.42 Å². The van der Waals surface area contributed by atoms with Gasteiger partial charge in [0.25, 0.3) is 0 Å². The van der Waals surface area contributed by atoms with Crippen molar-refractivity contribution in [1.29, 1.82) is 0 Å².